The van der Waals surface area contributed by atoms with Gasteiger partial charge < -0.3 is 96.3 Å². The second-order valence-electron chi connectivity index (χ2n) is 21.0. The van der Waals surface area contributed by atoms with Crippen molar-refractivity contribution in [1.29, 1.82) is 0 Å². The number of carboxylic acid groups (broad SMARTS) is 3. The van der Waals surface area contributed by atoms with Gasteiger partial charge in [-0.1, -0.05) is 76.6 Å². The molecular formula is C55H82N14O18. The van der Waals surface area contributed by atoms with Gasteiger partial charge in [0, 0.05) is 19.4 Å². The summed E-state index contributed by atoms with van der Waals surface area (Å²) in [6.45, 7) is 8.45. The molecule has 0 unspecified atom stereocenters. The van der Waals surface area contributed by atoms with E-state index in [0.717, 1.165) is 13.8 Å². The van der Waals surface area contributed by atoms with Crippen molar-refractivity contribution < 1.29 is 87.9 Å². The number of aliphatic hydroxyl groups is 1. The maximum absolute atomic E-state index is 14.2. The molecule has 87 heavy (non-hydrogen) atoms. The van der Waals surface area contributed by atoms with E-state index in [4.69, 9.17) is 22.9 Å². The van der Waals surface area contributed by atoms with E-state index in [1.807, 2.05) is 5.32 Å². The molecule has 32 heteroatoms. The number of aliphatic imine (C=N–C) groups is 1. The number of aromatic hydroxyl groups is 1. The van der Waals surface area contributed by atoms with Gasteiger partial charge in [0.05, 0.1) is 25.0 Å². The van der Waals surface area contributed by atoms with Gasteiger partial charge in [0.2, 0.25) is 59.1 Å². The average molecular weight is 1230 g/mol. The number of hydrogen-bond donors (Lipinski definition) is 18. The molecule has 480 valence electrons. The molecule has 22 N–H and O–H groups in total. The van der Waals surface area contributed by atoms with Gasteiger partial charge in [-0.2, -0.15) is 0 Å². The average Bonchev–Trinajstić information content (AvgIpc) is 3.54. The number of aliphatic carboxylic acids is 3. The summed E-state index contributed by atoms with van der Waals surface area (Å²) in [5, 5.41) is 70.0. The summed E-state index contributed by atoms with van der Waals surface area (Å²) in [6.07, 6.45) is -5.22. The van der Waals surface area contributed by atoms with E-state index in [-0.39, 0.29) is 43.9 Å². The van der Waals surface area contributed by atoms with Crippen molar-refractivity contribution in [2.45, 2.75) is 166 Å². The summed E-state index contributed by atoms with van der Waals surface area (Å²) in [5.74, 6) is -17.1. The zero-order valence-corrected chi connectivity index (χ0v) is 49.1. The third-order valence-corrected chi connectivity index (χ3v) is 13.4. The number of hydrogen-bond acceptors (Lipinski definition) is 17. The number of nitrogens with zero attached hydrogens (tertiary/aromatic N) is 1. The van der Waals surface area contributed by atoms with Crippen LogP contribution < -0.4 is 70.8 Å². The largest absolute Gasteiger partial charge is 0.508 e. The minimum absolute atomic E-state index is 0.00507. The molecule has 0 heterocycles. The molecule has 12 atom stereocenters. The summed E-state index contributed by atoms with van der Waals surface area (Å²) in [4.78, 5) is 176. The summed E-state index contributed by atoms with van der Waals surface area (Å²) >= 11 is 0. The molecule has 0 aromatic heterocycles. The van der Waals surface area contributed by atoms with Crippen molar-refractivity contribution in [3.63, 3.8) is 0 Å². The van der Waals surface area contributed by atoms with Gasteiger partial charge in [0.15, 0.2) is 5.96 Å². The third kappa shape index (κ3) is 26.6. The van der Waals surface area contributed by atoms with E-state index < -0.39 is 181 Å². The number of rotatable bonds is 38. The first-order valence-electron chi connectivity index (χ1n) is 27.7. The van der Waals surface area contributed by atoms with Gasteiger partial charge in [-0.3, -0.25) is 67.3 Å². The van der Waals surface area contributed by atoms with Crippen LogP contribution in [0, 0.1) is 11.8 Å². The second-order valence-corrected chi connectivity index (χ2v) is 21.0. The van der Waals surface area contributed by atoms with E-state index in [2.05, 4.69) is 47.5 Å². The first-order valence-corrected chi connectivity index (χ1v) is 27.7. The number of aliphatic hydroxyl groups excluding tert-OH is 1. The lowest BCUT2D eigenvalue weighted by Crippen LogP contribution is -2.63. The van der Waals surface area contributed by atoms with Crippen LogP contribution in [0.25, 0.3) is 0 Å². The van der Waals surface area contributed by atoms with E-state index in [0.29, 0.717) is 17.5 Å². The van der Waals surface area contributed by atoms with Gasteiger partial charge >= 0.3 is 17.9 Å². The number of carbonyl (C=O) groups is 13. The molecule has 10 amide bonds. The Labute approximate surface area is 500 Å². The Balaban J connectivity index is 2.47. The molecule has 0 fully saturated rings. The molecule has 0 spiro atoms. The van der Waals surface area contributed by atoms with Crippen molar-refractivity contribution in [3.8, 4) is 5.75 Å². The molecule has 32 nitrogen and oxygen atoms in total. The molecule has 0 bridgehead atoms. The van der Waals surface area contributed by atoms with Crippen LogP contribution in [0.3, 0.4) is 0 Å². The van der Waals surface area contributed by atoms with E-state index in [9.17, 15) is 87.9 Å². The lowest BCUT2D eigenvalue weighted by Gasteiger charge is -2.30. The maximum atomic E-state index is 14.2. The van der Waals surface area contributed by atoms with Gasteiger partial charge in [-0.05, 0) is 74.6 Å². The van der Waals surface area contributed by atoms with Crippen molar-refractivity contribution >= 4 is 82.9 Å². The van der Waals surface area contributed by atoms with E-state index >= 15 is 0 Å². The van der Waals surface area contributed by atoms with Crippen molar-refractivity contribution in [2.24, 2.45) is 39.8 Å². The second kappa shape index (κ2) is 36.4. The highest BCUT2D eigenvalue weighted by molar-refractivity contribution is 6.00. The Bertz CT molecular complexity index is 2760. The molecule has 0 radical (unpaired) electrons. The quantitative estimate of drug-likeness (QED) is 0.0171. The van der Waals surface area contributed by atoms with Crippen LogP contribution >= 0.6 is 0 Å². The van der Waals surface area contributed by atoms with Gasteiger partial charge in [-0.25, -0.2) is 0 Å². The molecule has 2 rings (SSSR count). The Kier molecular flexibility index (Phi) is 30.8. The summed E-state index contributed by atoms with van der Waals surface area (Å²) in [6, 6.07) is -2.47. The lowest BCUT2D eigenvalue weighted by atomic mass is 9.96. The Morgan fingerprint density at radius 3 is 1.48 bits per heavy atom. The van der Waals surface area contributed by atoms with Gasteiger partial charge in [0.1, 0.15) is 60.1 Å². The Hall–Kier alpha value is -9.46. The first kappa shape index (κ1) is 73.6. The highest BCUT2D eigenvalue weighted by Crippen LogP contribution is 2.15. The summed E-state index contributed by atoms with van der Waals surface area (Å²) < 4.78 is 0. The number of benzene rings is 2. The minimum Gasteiger partial charge on any atom is -0.508 e. The van der Waals surface area contributed by atoms with Crippen LogP contribution in [0.1, 0.15) is 97.6 Å². The fraction of sp³-hybridized carbons (Fsp3) is 0.527. The molecule has 2 aromatic carbocycles. The standard InChI is InChI=1S/C55H82N14O18/c1-7-27(4)43(68-45(77)33(56)22-31-15-17-32(71)18-16-31)52(84)63-34(14-11-21-60-55(58)59)46(78)64-37(24-39(57)72)50(82)67-42(26(2)3)51(83)69-44(29(6)70)53(85)66-36(23-30-12-9-8-10-13-30)49(81)62-35(19-20-40(73)74)47(79)65-38(25-41(75)76)48(80)61-28(5)54(86)87/h8-10,12-13,15-18,26-29,33-38,42-44,70-71H,7,11,14,19-25,56H2,1-6H3,(H2,57,72)(H,61,80)(H,62,81)(H,63,84)(H,64,78)(H,65,79)(H,66,85)(H,67,82)(H,68,77)(H,69,83)(H,73,74)(H,75,76)(H,86,87)(H4,58,59,60)/t27-,28-,29+,33-,34-,35-,36-,37-,38-,42-,43-,44-/m0/s1. The number of carboxylic acids is 3. The fourth-order valence-electron chi connectivity index (χ4n) is 8.26. The van der Waals surface area contributed by atoms with Crippen LogP contribution in [0.15, 0.2) is 59.6 Å². The summed E-state index contributed by atoms with van der Waals surface area (Å²) in [7, 11) is 0. The van der Waals surface area contributed by atoms with Crippen molar-refractivity contribution in [3.05, 3.63) is 65.7 Å². The number of nitrogens with one attached hydrogen (secondary N) is 9. The van der Waals surface area contributed by atoms with E-state index in [1.54, 1.807) is 56.3 Å². The smallest absolute Gasteiger partial charge is 0.325 e. The van der Waals surface area contributed by atoms with E-state index in [1.165, 1.54) is 26.0 Å². The molecule has 0 aliphatic rings. The third-order valence-electron chi connectivity index (χ3n) is 13.4. The first-order chi connectivity index (χ1) is 40.7. The van der Waals surface area contributed by atoms with Crippen LogP contribution in [0.4, 0.5) is 0 Å². The van der Waals surface area contributed by atoms with Crippen LogP contribution in [0.2, 0.25) is 0 Å². The number of phenols is 1. The molecular weight excluding hydrogens is 1140 g/mol. The van der Waals surface area contributed by atoms with Crippen LogP contribution in [-0.4, -0.2) is 182 Å². The Morgan fingerprint density at radius 2 is 0.966 bits per heavy atom. The molecule has 2 aromatic rings. The SMILES string of the molecule is CC[C@H](C)[C@H](NC(=O)[C@@H](N)Cc1ccc(O)cc1)C(=O)N[C@@H](CCCN=C(N)N)C(=O)N[C@@H](CC(N)=O)C(=O)N[C@H](C(=O)N[C@H](C(=O)N[C@@H](Cc1ccccc1)C(=O)N[C@@H](CCC(=O)O)C(=O)N[C@@H](CC(=O)O)C(=O)N[C@@H](C)C(=O)O)[C@@H](C)O)C(C)C. The zero-order chi connectivity index (χ0) is 65.8. The number of nitrogens with two attached hydrogens (primary N) is 4. The highest BCUT2D eigenvalue weighted by atomic mass is 16.4. The lowest BCUT2D eigenvalue weighted by molar-refractivity contribution is -0.143. The van der Waals surface area contributed by atoms with Crippen molar-refractivity contribution in [1.82, 2.24) is 47.9 Å². The molecule has 0 aliphatic heterocycles. The van der Waals surface area contributed by atoms with Gasteiger partial charge in [-0.15, -0.1) is 0 Å². The zero-order valence-electron chi connectivity index (χ0n) is 49.1. The Morgan fingerprint density at radius 1 is 0.506 bits per heavy atom. The highest BCUT2D eigenvalue weighted by Gasteiger charge is 2.38. The maximum Gasteiger partial charge on any atom is 0.325 e. The van der Waals surface area contributed by atoms with Crippen LogP contribution in [0.5, 0.6) is 5.75 Å². The normalized spacial score (nSPS) is 15.1. The molecule has 0 saturated carbocycles. The number of primary amides is 1. The summed E-state index contributed by atoms with van der Waals surface area (Å²) in [5.41, 5.74) is 23.7. The minimum atomic E-state index is -1.93. The van der Waals surface area contributed by atoms with Crippen LogP contribution in [-0.2, 0) is 75.2 Å². The van der Waals surface area contributed by atoms with Gasteiger partial charge in [0.25, 0.3) is 0 Å². The number of amides is 10. The van der Waals surface area contributed by atoms with Crippen molar-refractivity contribution in [2.75, 3.05) is 6.54 Å². The predicted molar refractivity (Wildman–Crippen MR) is 309 cm³/mol. The monoisotopic (exact) mass is 1230 g/mol. The number of phenolic OH excluding ortho intramolecular Hbond substituents is 1. The molecule has 0 saturated heterocycles. The molecule has 0 aliphatic carbocycles. The fourth-order valence-corrected chi connectivity index (χ4v) is 8.26. The number of carbonyl (C=O) groups excluding carboxylic acids is 10. The number of guanidine groups is 1. The topological polar surface area (TPSA) is 548 Å². The predicted octanol–water partition coefficient (Wildman–Crippen LogP) is -4.68.